The highest BCUT2D eigenvalue weighted by molar-refractivity contribution is 14.1. The Labute approximate surface area is 203 Å². The van der Waals surface area contributed by atoms with Crippen LogP contribution in [0.4, 0.5) is 0 Å². The van der Waals surface area contributed by atoms with Crippen molar-refractivity contribution in [3.05, 3.63) is 60.1 Å². The molecule has 8 heteroatoms. The van der Waals surface area contributed by atoms with Gasteiger partial charge in [-0.3, -0.25) is 4.79 Å². The van der Waals surface area contributed by atoms with E-state index in [1.165, 1.54) is 4.68 Å². The standard InChI is InChI=1S/C23H25BrIN3O3/c1-5-14(4)31-22-18(25)10-15(11-20(22)30-7-3)13-26-28-21(6-2)27-19-9-8-16(24)12-17(19)23(28)29/h8-14H,5-7H2,1-4H3/t14-/m0/s1. The molecule has 0 radical (unpaired) electrons. The molecule has 3 aromatic rings. The van der Waals surface area contributed by atoms with Gasteiger partial charge < -0.3 is 9.47 Å². The predicted molar refractivity (Wildman–Crippen MR) is 137 cm³/mol. The highest BCUT2D eigenvalue weighted by Crippen LogP contribution is 2.35. The van der Waals surface area contributed by atoms with Crippen LogP contribution in [-0.4, -0.2) is 28.6 Å². The van der Waals surface area contributed by atoms with Crippen LogP contribution >= 0.6 is 38.5 Å². The van der Waals surface area contributed by atoms with Crippen molar-refractivity contribution in [2.75, 3.05) is 6.61 Å². The predicted octanol–water partition coefficient (Wildman–Crippen LogP) is 5.78. The van der Waals surface area contributed by atoms with Crippen LogP contribution in [0.25, 0.3) is 10.9 Å². The summed E-state index contributed by atoms with van der Waals surface area (Å²) in [5.74, 6) is 2.00. The third-order valence-electron chi connectivity index (χ3n) is 4.74. The van der Waals surface area contributed by atoms with Crippen molar-refractivity contribution in [2.24, 2.45) is 5.10 Å². The van der Waals surface area contributed by atoms with Crippen molar-refractivity contribution in [1.82, 2.24) is 9.66 Å². The van der Waals surface area contributed by atoms with Crippen LogP contribution < -0.4 is 15.0 Å². The maximum Gasteiger partial charge on any atom is 0.282 e. The molecule has 0 N–H and O–H groups in total. The Morgan fingerprint density at radius 1 is 1.26 bits per heavy atom. The van der Waals surface area contributed by atoms with Gasteiger partial charge in [-0.2, -0.15) is 9.78 Å². The van der Waals surface area contributed by atoms with Gasteiger partial charge in [0.2, 0.25) is 0 Å². The molecule has 31 heavy (non-hydrogen) atoms. The molecule has 0 bridgehead atoms. The molecule has 164 valence electrons. The van der Waals surface area contributed by atoms with E-state index in [0.29, 0.717) is 35.5 Å². The third-order valence-corrected chi connectivity index (χ3v) is 6.03. The second-order valence-corrected chi connectivity index (χ2v) is 9.08. The fraction of sp³-hybridized carbons (Fsp3) is 0.348. The summed E-state index contributed by atoms with van der Waals surface area (Å²) >= 11 is 5.66. The average Bonchev–Trinajstić information content (AvgIpc) is 2.75. The summed E-state index contributed by atoms with van der Waals surface area (Å²) in [7, 11) is 0. The van der Waals surface area contributed by atoms with Crippen LogP contribution in [-0.2, 0) is 6.42 Å². The normalized spacial score (nSPS) is 12.5. The highest BCUT2D eigenvalue weighted by atomic mass is 127. The molecule has 0 amide bonds. The lowest BCUT2D eigenvalue weighted by atomic mass is 10.2. The average molecular weight is 598 g/mol. The lowest BCUT2D eigenvalue weighted by Crippen LogP contribution is -2.22. The van der Waals surface area contributed by atoms with E-state index in [9.17, 15) is 4.79 Å². The van der Waals surface area contributed by atoms with Gasteiger partial charge in [0, 0.05) is 10.9 Å². The van der Waals surface area contributed by atoms with Gasteiger partial charge in [0.25, 0.3) is 5.56 Å². The van der Waals surface area contributed by atoms with Gasteiger partial charge in [-0.05, 0) is 78.8 Å². The molecule has 3 rings (SSSR count). The first-order valence-corrected chi connectivity index (χ1v) is 12.1. The number of aryl methyl sites for hydroxylation is 1. The van der Waals surface area contributed by atoms with E-state index in [2.05, 4.69) is 55.5 Å². The number of hydrogen-bond acceptors (Lipinski definition) is 5. The fourth-order valence-electron chi connectivity index (χ4n) is 2.99. The maximum atomic E-state index is 13.1. The molecular weight excluding hydrogens is 573 g/mol. The summed E-state index contributed by atoms with van der Waals surface area (Å²) in [5.41, 5.74) is 1.28. The molecule has 0 saturated heterocycles. The van der Waals surface area contributed by atoms with Crippen LogP contribution in [0.15, 0.2) is 44.7 Å². The second-order valence-electron chi connectivity index (χ2n) is 7.00. The lowest BCUT2D eigenvalue weighted by molar-refractivity contribution is 0.201. The van der Waals surface area contributed by atoms with Crippen molar-refractivity contribution in [1.29, 1.82) is 0 Å². The summed E-state index contributed by atoms with van der Waals surface area (Å²) in [4.78, 5) is 17.7. The minimum absolute atomic E-state index is 0.0842. The quantitative estimate of drug-likeness (QED) is 0.244. The Hall–Kier alpha value is -1.94. The van der Waals surface area contributed by atoms with Crippen LogP contribution in [0.1, 0.15) is 45.5 Å². The van der Waals surface area contributed by atoms with Crippen LogP contribution in [0, 0.1) is 3.57 Å². The molecular formula is C23H25BrIN3O3. The van der Waals surface area contributed by atoms with E-state index in [1.807, 2.05) is 45.0 Å². The van der Waals surface area contributed by atoms with Gasteiger partial charge in [0.1, 0.15) is 5.82 Å². The summed E-state index contributed by atoms with van der Waals surface area (Å²) in [6, 6.07) is 9.33. The van der Waals surface area contributed by atoms with Crippen molar-refractivity contribution in [3.8, 4) is 11.5 Å². The van der Waals surface area contributed by atoms with Gasteiger partial charge in [-0.15, -0.1) is 0 Å². The lowest BCUT2D eigenvalue weighted by Gasteiger charge is -2.18. The monoisotopic (exact) mass is 597 g/mol. The van der Waals surface area contributed by atoms with Gasteiger partial charge in [0.15, 0.2) is 11.5 Å². The van der Waals surface area contributed by atoms with Crippen LogP contribution in [0.3, 0.4) is 0 Å². The molecule has 2 aromatic carbocycles. The van der Waals surface area contributed by atoms with Gasteiger partial charge in [0.05, 0.1) is 33.4 Å². The molecule has 1 aromatic heterocycles. The second kappa shape index (κ2) is 10.6. The Balaban J connectivity index is 2.06. The zero-order valence-corrected chi connectivity index (χ0v) is 21.7. The molecule has 0 spiro atoms. The molecule has 0 aliphatic heterocycles. The molecule has 0 saturated carbocycles. The van der Waals surface area contributed by atoms with E-state index < -0.39 is 0 Å². The number of aromatic nitrogens is 2. The molecule has 0 fully saturated rings. The van der Waals surface area contributed by atoms with Crippen LogP contribution in [0.5, 0.6) is 11.5 Å². The number of fused-ring (bicyclic) bond motifs is 1. The van der Waals surface area contributed by atoms with Gasteiger partial charge >= 0.3 is 0 Å². The Bertz CT molecular complexity index is 1180. The fourth-order valence-corrected chi connectivity index (χ4v) is 4.10. The molecule has 0 aliphatic rings. The number of ether oxygens (including phenoxy) is 2. The van der Waals surface area contributed by atoms with Crippen LogP contribution in [0.2, 0.25) is 0 Å². The smallest absolute Gasteiger partial charge is 0.282 e. The zero-order valence-electron chi connectivity index (χ0n) is 18.0. The molecule has 0 unspecified atom stereocenters. The molecule has 6 nitrogen and oxygen atoms in total. The van der Waals surface area contributed by atoms with Gasteiger partial charge in [-0.1, -0.05) is 29.8 Å². The Morgan fingerprint density at radius 2 is 2.03 bits per heavy atom. The van der Waals surface area contributed by atoms with Gasteiger partial charge in [-0.25, -0.2) is 4.98 Å². The summed E-state index contributed by atoms with van der Waals surface area (Å²) in [5, 5.41) is 5.00. The maximum absolute atomic E-state index is 13.1. The SMILES string of the molecule is CCOc1cc(C=Nn2c(CC)nc3ccc(Br)cc3c2=O)cc(I)c1O[C@@H](C)CC. The number of halogens is 2. The number of rotatable bonds is 8. The first-order chi connectivity index (χ1) is 14.9. The first kappa shape index (κ1) is 23.7. The molecule has 1 heterocycles. The van der Waals surface area contributed by atoms with E-state index >= 15 is 0 Å². The minimum Gasteiger partial charge on any atom is -0.490 e. The number of hydrogen-bond donors (Lipinski definition) is 0. The molecule has 0 aliphatic carbocycles. The van der Waals surface area contributed by atoms with Crippen molar-refractivity contribution >= 4 is 55.6 Å². The highest BCUT2D eigenvalue weighted by Gasteiger charge is 2.15. The van der Waals surface area contributed by atoms with Crippen molar-refractivity contribution in [2.45, 2.75) is 46.6 Å². The van der Waals surface area contributed by atoms with E-state index in [0.717, 1.165) is 25.8 Å². The zero-order chi connectivity index (χ0) is 22.5. The van der Waals surface area contributed by atoms with E-state index in [1.54, 1.807) is 12.3 Å². The van der Waals surface area contributed by atoms with E-state index in [-0.39, 0.29) is 11.7 Å². The van der Waals surface area contributed by atoms with Crippen molar-refractivity contribution in [3.63, 3.8) is 0 Å². The number of benzene rings is 2. The largest absolute Gasteiger partial charge is 0.490 e. The first-order valence-electron chi connectivity index (χ1n) is 10.3. The third kappa shape index (κ3) is 5.46. The summed E-state index contributed by atoms with van der Waals surface area (Å²) in [6.45, 7) is 8.53. The Kier molecular flexibility index (Phi) is 8.10. The summed E-state index contributed by atoms with van der Waals surface area (Å²) < 4.78 is 15.0. The van der Waals surface area contributed by atoms with Crippen molar-refractivity contribution < 1.29 is 9.47 Å². The minimum atomic E-state index is -0.198. The molecule has 1 atom stereocenters. The Morgan fingerprint density at radius 3 is 2.71 bits per heavy atom. The van der Waals surface area contributed by atoms with E-state index in [4.69, 9.17) is 9.47 Å². The summed E-state index contributed by atoms with van der Waals surface area (Å²) in [6.07, 6.45) is 3.23. The topological polar surface area (TPSA) is 65.7 Å². The number of nitrogens with zero attached hydrogens (tertiary/aromatic N) is 3.